The minimum Gasteiger partial charge on any atom is -0.480 e. The van der Waals surface area contributed by atoms with Crippen molar-refractivity contribution in [1.29, 1.82) is 0 Å². The molecular formula is C18H25N3O6. The van der Waals surface area contributed by atoms with Gasteiger partial charge < -0.3 is 24.4 Å². The van der Waals surface area contributed by atoms with Gasteiger partial charge in [-0.3, -0.25) is 4.79 Å². The summed E-state index contributed by atoms with van der Waals surface area (Å²) in [7, 11) is 0. The SMILES string of the molecule is C[C@H](OCc1ccc(C=NON)cc1)C(=O)N1CCC(OCC(=O)O)CC1. The molecule has 0 spiro atoms. The van der Waals surface area contributed by atoms with E-state index in [9.17, 15) is 9.59 Å². The molecule has 1 aromatic carbocycles. The van der Waals surface area contributed by atoms with Gasteiger partial charge in [0.05, 0.1) is 18.9 Å². The number of carbonyl (C=O) groups is 2. The Labute approximate surface area is 157 Å². The van der Waals surface area contributed by atoms with Crippen molar-refractivity contribution in [2.45, 2.75) is 38.6 Å². The van der Waals surface area contributed by atoms with Gasteiger partial charge in [-0.2, -0.15) is 0 Å². The smallest absolute Gasteiger partial charge is 0.329 e. The summed E-state index contributed by atoms with van der Waals surface area (Å²) in [6.07, 6.45) is 2.06. The predicted octanol–water partition coefficient (Wildman–Crippen LogP) is 0.908. The van der Waals surface area contributed by atoms with Crippen molar-refractivity contribution in [1.82, 2.24) is 4.90 Å². The molecule has 1 aromatic rings. The van der Waals surface area contributed by atoms with Crippen molar-refractivity contribution in [2.24, 2.45) is 11.1 Å². The number of ether oxygens (including phenoxy) is 2. The zero-order valence-corrected chi connectivity index (χ0v) is 15.2. The number of benzene rings is 1. The number of hydrogen-bond donors (Lipinski definition) is 2. The highest BCUT2D eigenvalue weighted by atomic mass is 16.7. The van der Waals surface area contributed by atoms with Crippen LogP contribution in [0.5, 0.6) is 0 Å². The zero-order valence-electron chi connectivity index (χ0n) is 15.2. The third-order valence-electron chi connectivity index (χ3n) is 4.29. The summed E-state index contributed by atoms with van der Waals surface area (Å²) >= 11 is 0. The van der Waals surface area contributed by atoms with E-state index in [2.05, 4.69) is 10.1 Å². The Bertz CT molecular complexity index is 641. The van der Waals surface area contributed by atoms with Crippen LogP contribution >= 0.6 is 0 Å². The molecular weight excluding hydrogens is 354 g/mol. The highest BCUT2D eigenvalue weighted by Crippen LogP contribution is 2.16. The van der Waals surface area contributed by atoms with E-state index in [-0.39, 0.29) is 18.6 Å². The van der Waals surface area contributed by atoms with Crippen LogP contribution in [0.2, 0.25) is 0 Å². The molecule has 0 unspecified atom stereocenters. The first-order valence-corrected chi connectivity index (χ1v) is 8.71. The lowest BCUT2D eigenvalue weighted by molar-refractivity contribution is -0.150. The minimum absolute atomic E-state index is 0.0736. The molecule has 0 saturated carbocycles. The van der Waals surface area contributed by atoms with E-state index in [0.717, 1.165) is 11.1 Å². The molecule has 1 atom stereocenters. The van der Waals surface area contributed by atoms with Crippen LogP contribution in [-0.2, 0) is 30.6 Å². The number of oxime groups is 1. The number of likely N-dealkylation sites (tertiary alicyclic amines) is 1. The normalized spacial score (nSPS) is 16.4. The number of carbonyl (C=O) groups excluding carboxylic acids is 1. The number of carboxylic acids is 1. The molecule has 1 aliphatic heterocycles. The zero-order chi connectivity index (χ0) is 19.6. The Hall–Kier alpha value is -2.49. The number of aliphatic carboxylic acids is 1. The van der Waals surface area contributed by atoms with E-state index in [1.54, 1.807) is 11.8 Å². The van der Waals surface area contributed by atoms with Crippen LogP contribution in [0.3, 0.4) is 0 Å². The van der Waals surface area contributed by atoms with Gasteiger partial charge in [-0.25, -0.2) is 4.79 Å². The standard InChI is InChI=1S/C18H25N3O6/c1-13(25-11-15-4-2-14(3-5-15)10-20-27-19)18(24)21-8-6-16(7-9-21)26-12-17(22)23/h2-5,10,13,16H,6-9,11-12,19H2,1H3,(H,22,23)/t13-/m0/s1. The van der Waals surface area contributed by atoms with Crippen LogP contribution in [-0.4, -0.2) is 60.0 Å². The molecule has 2 rings (SSSR count). The number of nitrogens with zero attached hydrogens (tertiary/aromatic N) is 2. The van der Waals surface area contributed by atoms with Crippen LogP contribution in [0.15, 0.2) is 29.4 Å². The highest BCUT2D eigenvalue weighted by Gasteiger charge is 2.27. The number of piperidine rings is 1. The second kappa shape index (κ2) is 10.6. The molecule has 0 radical (unpaired) electrons. The average molecular weight is 379 g/mol. The van der Waals surface area contributed by atoms with Crippen LogP contribution in [0.25, 0.3) is 0 Å². The van der Waals surface area contributed by atoms with Crippen molar-refractivity contribution < 1.29 is 29.1 Å². The quantitative estimate of drug-likeness (QED) is 0.483. The molecule has 1 heterocycles. The van der Waals surface area contributed by atoms with Crippen molar-refractivity contribution in [3.8, 4) is 0 Å². The van der Waals surface area contributed by atoms with Crippen LogP contribution in [0.1, 0.15) is 30.9 Å². The Kier molecular flexibility index (Phi) is 8.18. The molecule has 1 fully saturated rings. The lowest BCUT2D eigenvalue weighted by Crippen LogP contribution is -2.45. The van der Waals surface area contributed by atoms with E-state index in [1.165, 1.54) is 6.21 Å². The van der Waals surface area contributed by atoms with Crippen LogP contribution in [0.4, 0.5) is 0 Å². The van der Waals surface area contributed by atoms with E-state index in [4.69, 9.17) is 20.5 Å². The second-order valence-electron chi connectivity index (χ2n) is 6.26. The summed E-state index contributed by atoms with van der Waals surface area (Å²) in [5.74, 6) is 3.77. The van der Waals surface area contributed by atoms with E-state index < -0.39 is 12.1 Å². The van der Waals surface area contributed by atoms with Crippen molar-refractivity contribution in [2.75, 3.05) is 19.7 Å². The molecule has 3 N–H and O–H groups in total. The van der Waals surface area contributed by atoms with Crippen molar-refractivity contribution in [3.05, 3.63) is 35.4 Å². The van der Waals surface area contributed by atoms with Gasteiger partial charge >= 0.3 is 5.97 Å². The molecule has 9 heteroatoms. The molecule has 1 aliphatic rings. The summed E-state index contributed by atoms with van der Waals surface area (Å²) < 4.78 is 11.0. The Balaban J connectivity index is 1.74. The number of hydrogen-bond acceptors (Lipinski definition) is 7. The van der Waals surface area contributed by atoms with Gasteiger partial charge in [0.25, 0.3) is 5.91 Å². The first-order valence-electron chi connectivity index (χ1n) is 8.71. The number of nitrogens with two attached hydrogens (primary N) is 1. The first-order chi connectivity index (χ1) is 13.0. The molecule has 27 heavy (non-hydrogen) atoms. The third kappa shape index (κ3) is 6.97. The van der Waals surface area contributed by atoms with Crippen molar-refractivity contribution >= 4 is 18.1 Å². The lowest BCUT2D eigenvalue weighted by Gasteiger charge is -2.33. The number of carboxylic acid groups (broad SMARTS) is 1. The van der Waals surface area contributed by atoms with Crippen LogP contribution < -0.4 is 5.90 Å². The van der Waals surface area contributed by atoms with Gasteiger partial charge in [0, 0.05) is 13.1 Å². The lowest BCUT2D eigenvalue weighted by atomic mass is 10.1. The van der Waals surface area contributed by atoms with Crippen LogP contribution in [0, 0.1) is 0 Å². The number of amides is 1. The molecule has 148 valence electrons. The van der Waals surface area contributed by atoms with Gasteiger partial charge in [-0.15, -0.1) is 5.90 Å². The fourth-order valence-electron chi connectivity index (χ4n) is 2.77. The summed E-state index contributed by atoms with van der Waals surface area (Å²) in [5.41, 5.74) is 1.77. The highest BCUT2D eigenvalue weighted by molar-refractivity contribution is 5.80. The summed E-state index contributed by atoms with van der Waals surface area (Å²) in [6.45, 7) is 2.81. The Morgan fingerprint density at radius 3 is 2.59 bits per heavy atom. The maximum atomic E-state index is 12.5. The summed E-state index contributed by atoms with van der Waals surface area (Å²) in [5, 5.41) is 12.1. The van der Waals surface area contributed by atoms with Gasteiger partial charge in [0.2, 0.25) is 0 Å². The van der Waals surface area contributed by atoms with Gasteiger partial charge in [-0.05, 0) is 30.9 Å². The first kappa shape index (κ1) is 20.8. The Morgan fingerprint density at radius 2 is 2.00 bits per heavy atom. The largest absolute Gasteiger partial charge is 0.480 e. The molecule has 0 aromatic heterocycles. The third-order valence-corrected chi connectivity index (χ3v) is 4.29. The maximum absolute atomic E-state index is 12.5. The van der Waals surface area contributed by atoms with E-state index in [0.29, 0.717) is 32.5 Å². The fraction of sp³-hybridized carbons (Fsp3) is 0.500. The molecule has 1 amide bonds. The van der Waals surface area contributed by atoms with Gasteiger partial charge in [-0.1, -0.05) is 29.4 Å². The second-order valence-corrected chi connectivity index (χ2v) is 6.26. The van der Waals surface area contributed by atoms with Crippen molar-refractivity contribution in [3.63, 3.8) is 0 Å². The van der Waals surface area contributed by atoms with Gasteiger partial charge in [0.1, 0.15) is 12.7 Å². The summed E-state index contributed by atoms with van der Waals surface area (Å²) in [4.78, 5) is 28.9. The predicted molar refractivity (Wildman–Crippen MR) is 96.7 cm³/mol. The average Bonchev–Trinajstić information content (AvgIpc) is 2.69. The molecule has 1 saturated heterocycles. The molecule has 0 bridgehead atoms. The fourth-order valence-corrected chi connectivity index (χ4v) is 2.77. The van der Waals surface area contributed by atoms with Gasteiger partial charge in [0.15, 0.2) is 0 Å². The maximum Gasteiger partial charge on any atom is 0.329 e. The van der Waals surface area contributed by atoms with E-state index in [1.807, 2.05) is 24.3 Å². The minimum atomic E-state index is -0.983. The number of rotatable bonds is 9. The monoisotopic (exact) mass is 379 g/mol. The molecule has 0 aliphatic carbocycles. The topological polar surface area (TPSA) is 124 Å². The Morgan fingerprint density at radius 1 is 1.33 bits per heavy atom. The summed E-state index contributed by atoms with van der Waals surface area (Å²) in [6, 6.07) is 7.44. The van der Waals surface area contributed by atoms with E-state index >= 15 is 0 Å². The molecule has 9 nitrogen and oxygen atoms in total.